The molecule has 1 aliphatic rings. The second-order valence-electron chi connectivity index (χ2n) is 5.27. The third-order valence-electron chi connectivity index (χ3n) is 3.62. The highest BCUT2D eigenvalue weighted by atomic mass is 16.2. The Morgan fingerprint density at radius 3 is 2.60 bits per heavy atom. The lowest BCUT2D eigenvalue weighted by atomic mass is 10.0. The molecule has 1 unspecified atom stereocenters. The minimum Gasteiger partial charge on any atom is -0.351 e. The zero-order valence-electron chi connectivity index (χ0n) is 11.8. The number of likely N-dealkylation sites (N-methyl/N-ethyl adjacent to an activating group) is 1. The maximum absolute atomic E-state index is 12.0. The maximum atomic E-state index is 12.0. The van der Waals surface area contributed by atoms with Crippen LogP contribution < -0.4 is 11.1 Å². The molecule has 1 atom stereocenters. The Morgan fingerprint density at radius 1 is 1.35 bits per heavy atom. The Morgan fingerprint density at radius 2 is 2.00 bits per heavy atom. The predicted molar refractivity (Wildman–Crippen MR) is 76.8 cm³/mol. The summed E-state index contributed by atoms with van der Waals surface area (Å²) in [6.45, 7) is 1.10. The van der Waals surface area contributed by atoms with Crippen LogP contribution in [0.1, 0.15) is 24.0 Å². The van der Waals surface area contributed by atoms with Gasteiger partial charge in [-0.3, -0.25) is 9.59 Å². The van der Waals surface area contributed by atoms with E-state index in [0.29, 0.717) is 25.9 Å². The standard InChI is InChI=1S/C15H21N3O2/c1-18-10-13(6-7-15(18)20)17-14(19)8-11-2-4-12(9-16)5-3-11/h2-5,13H,6-10,16H2,1H3,(H,17,19). The number of nitrogens with zero attached hydrogens (tertiary/aromatic N) is 1. The molecule has 3 N–H and O–H groups in total. The van der Waals surface area contributed by atoms with Gasteiger partial charge in [-0.05, 0) is 17.5 Å². The molecule has 1 heterocycles. The van der Waals surface area contributed by atoms with Gasteiger partial charge in [0.15, 0.2) is 0 Å². The fraction of sp³-hybridized carbons (Fsp3) is 0.467. The van der Waals surface area contributed by atoms with Gasteiger partial charge in [-0.15, -0.1) is 0 Å². The highest BCUT2D eigenvalue weighted by molar-refractivity contribution is 5.80. The molecule has 0 saturated carbocycles. The first kappa shape index (κ1) is 14.5. The average molecular weight is 275 g/mol. The zero-order chi connectivity index (χ0) is 14.5. The van der Waals surface area contributed by atoms with E-state index in [1.54, 1.807) is 11.9 Å². The lowest BCUT2D eigenvalue weighted by molar-refractivity contribution is -0.133. The van der Waals surface area contributed by atoms with Gasteiger partial charge in [0.05, 0.1) is 6.42 Å². The van der Waals surface area contributed by atoms with Crippen molar-refractivity contribution in [1.29, 1.82) is 0 Å². The van der Waals surface area contributed by atoms with E-state index in [9.17, 15) is 9.59 Å². The number of rotatable bonds is 4. The number of nitrogens with one attached hydrogen (secondary N) is 1. The minimum absolute atomic E-state index is 0.00162. The molecular weight excluding hydrogens is 254 g/mol. The molecule has 1 aromatic rings. The van der Waals surface area contributed by atoms with Crippen molar-refractivity contribution in [2.24, 2.45) is 5.73 Å². The van der Waals surface area contributed by atoms with E-state index in [0.717, 1.165) is 17.5 Å². The van der Waals surface area contributed by atoms with Crippen LogP contribution >= 0.6 is 0 Å². The molecule has 0 aliphatic carbocycles. The summed E-state index contributed by atoms with van der Waals surface area (Å²) in [6, 6.07) is 7.80. The first-order valence-corrected chi connectivity index (χ1v) is 6.89. The Kier molecular flexibility index (Phi) is 4.74. The van der Waals surface area contributed by atoms with Gasteiger partial charge < -0.3 is 16.0 Å². The van der Waals surface area contributed by atoms with E-state index in [1.165, 1.54) is 0 Å². The predicted octanol–water partition coefficient (Wildman–Crippen LogP) is 0.425. The number of carbonyl (C=O) groups excluding carboxylic acids is 2. The molecule has 5 nitrogen and oxygen atoms in total. The van der Waals surface area contributed by atoms with Crippen molar-refractivity contribution in [3.05, 3.63) is 35.4 Å². The number of carbonyl (C=O) groups is 2. The molecule has 1 aliphatic heterocycles. The summed E-state index contributed by atoms with van der Waals surface area (Å²) >= 11 is 0. The zero-order valence-corrected chi connectivity index (χ0v) is 11.8. The van der Waals surface area contributed by atoms with Gasteiger partial charge in [-0.25, -0.2) is 0 Å². The number of likely N-dealkylation sites (tertiary alicyclic amines) is 1. The van der Waals surface area contributed by atoms with Crippen LogP contribution in [-0.2, 0) is 22.6 Å². The number of nitrogens with two attached hydrogens (primary N) is 1. The van der Waals surface area contributed by atoms with E-state index in [-0.39, 0.29) is 17.9 Å². The summed E-state index contributed by atoms with van der Waals surface area (Å²) in [4.78, 5) is 25.0. The lowest BCUT2D eigenvalue weighted by Gasteiger charge is -2.30. The normalized spacial score (nSPS) is 19.0. The third-order valence-corrected chi connectivity index (χ3v) is 3.62. The number of benzene rings is 1. The van der Waals surface area contributed by atoms with Gasteiger partial charge in [0, 0.05) is 32.6 Å². The summed E-state index contributed by atoms with van der Waals surface area (Å²) in [6.07, 6.45) is 1.59. The number of hydrogen-bond donors (Lipinski definition) is 2. The second-order valence-corrected chi connectivity index (χ2v) is 5.27. The third kappa shape index (κ3) is 3.81. The number of piperidine rings is 1. The molecule has 1 aromatic carbocycles. The number of hydrogen-bond acceptors (Lipinski definition) is 3. The van der Waals surface area contributed by atoms with Crippen molar-refractivity contribution in [3.8, 4) is 0 Å². The molecule has 20 heavy (non-hydrogen) atoms. The molecule has 2 amide bonds. The average Bonchev–Trinajstić information content (AvgIpc) is 2.44. The Balaban J connectivity index is 1.84. The second kappa shape index (κ2) is 6.52. The summed E-state index contributed by atoms with van der Waals surface area (Å²) in [5.41, 5.74) is 7.57. The van der Waals surface area contributed by atoms with Gasteiger partial charge >= 0.3 is 0 Å². The first-order chi connectivity index (χ1) is 9.58. The van der Waals surface area contributed by atoms with Crippen molar-refractivity contribution in [1.82, 2.24) is 10.2 Å². The fourth-order valence-corrected chi connectivity index (χ4v) is 2.39. The van der Waals surface area contributed by atoms with Crippen molar-refractivity contribution >= 4 is 11.8 Å². The Bertz CT molecular complexity index is 484. The Hall–Kier alpha value is -1.88. The molecule has 0 bridgehead atoms. The molecule has 0 aromatic heterocycles. The van der Waals surface area contributed by atoms with Crippen LogP contribution in [0.15, 0.2) is 24.3 Å². The molecule has 1 saturated heterocycles. The van der Waals surface area contributed by atoms with E-state index >= 15 is 0 Å². The molecule has 108 valence electrons. The quantitative estimate of drug-likeness (QED) is 0.836. The largest absolute Gasteiger partial charge is 0.351 e. The van der Waals surface area contributed by atoms with Gasteiger partial charge in [-0.2, -0.15) is 0 Å². The van der Waals surface area contributed by atoms with E-state index in [2.05, 4.69) is 5.32 Å². The van der Waals surface area contributed by atoms with Crippen LogP contribution in [0.2, 0.25) is 0 Å². The summed E-state index contributed by atoms with van der Waals surface area (Å²) in [5, 5.41) is 2.99. The van der Waals surface area contributed by atoms with Crippen molar-refractivity contribution in [2.75, 3.05) is 13.6 Å². The molecule has 2 rings (SSSR count). The van der Waals surface area contributed by atoms with Gasteiger partial charge in [-0.1, -0.05) is 24.3 Å². The maximum Gasteiger partial charge on any atom is 0.224 e. The van der Waals surface area contributed by atoms with Crippen molar-refractivity contribution < 1.29 is 9.59 Å². The minimum atomic E-state index is -0.00162. The molecule has 1 fully saturated rings. The highest BCUT2D eigenvalue weighted by Gasteiger charge is 2.23. The van der Waals surface area contributed by atoms with Gasteiger partial charge in [0.2, 0.25) is 11.8 Å². The summed E-state index contributed by atoms with van der Waals surface area (Å²) < 4.78 is 0. The first-order valence-electron chi connectivity index (χ1n) is 6.89. The number of amides is 2. The van der Waals surface area contributed by atoms with Crippen molar-refractivity contribution in [3.63, 3.8) is 0 Å². The van der Waals surface area contributed by atoms with Crippen LogP contribution in [-0.4, -0.2) is 36.3 Å². The summed E-state index contributed by atoms with van der Waals surface area (Å²) in [7, 11) is 1.77. The fourth-order valence-electron chi connectivity index (χ4n) is 2.39. The van der Waals surface area contributed by atoms with Crippen molar-refractivity contribution in [2.45, 2.75) is 31.8 Å². The molecule has 5 heteroatoms. The van der Waals surface area contributed by atoms with Crippen LogP contribution in [0.25, 0.3) is 0 Å². The Labute approximate surface area is 119 Å². The van der Waals surface area contributed by atoms with E-state index < -0.39 is 0 Å². The smallest absolute Gasteiger partial charge is 0.224 e. The van der Waals surface area contributed by atoms with E-state index in [4.69, 9.17) is 5.73 Å². The van der Waals surface area contributed by atoms with E-state index in [1.807, 2.05) is 24.3 Å². The van der Waals surface area contributed by atoms with Crippen LogP contribution in [0.3, 0.4) is 0 Å². The van der Waals surface area contributed by atoms with Gasteiger partial charge in [0.1, 0.15) is 0 Å². The monoisotopic (exact) mass is 275 g/mol. The summed E-state index contributed by atoms with van der Waals surface area (Å²) in [5.74, 6) is 0.145. The van der Waals surface area contributed by atoms with Crippen LogP contribution in [0.5, 0.6) is 0 Å². The molecule has 0 spiro atoms. The van der Waals surface area contributed by atoms with Gasteiger partial charge in [0.25, 0.3) is 0 Å². The van der Waals surface area contributed by atoms with Crippen LogP contribution in [0.4, 0.5) is 0 Å². The SMILES string of the molecule is CN1CC(NC(=O)Cc2ccc(CN)cc2)CCC1=O. The van der Waals surface area contributed by atoms with Crippen LogP contribution in [0, 0.1) is 0 Å². The highest BCUT2D eigenvalue weighted by Crippen LogP contribution is 2.10. The molecule has 0 radical (unpaired) electrons. The lowest BCUT2D eigenvalue weighted by Crippen LogP contribution is -2.48. The molecular formula is C15H21N3O2. The topological polar surface area (TPSA) is 75.4 Å².